The molecule has 0 aliphatic rings. The van der Waals surface area contributed by atoms with Crippen LogP contribution in [0.3, 0.4) is 0 Å². The van der Waals surface area contributed by atoms with E-state index in [0.29, 0.717) is 0 Å². The second-order valence-electron chi connectivity index (χ2n) is 2.57. The molecule has 1 N–H and O–H groups in total. The summed E-state index contributed by atoms with van der Waals surface area (Å²) in [6.45, 7) is 0. The van der Waals surface area contributed by atoms with Gasteiger partial charge in [0.05, 0.1) is 20.6 Å². The predicted molar refractivity (Wildman–Crippen MR) is 44.6 cm³/mol. The molecule has 1 aromatic heterocycles. The highest BCUT2D eigenvalue weighted by molar-refractivity contribution is 5.69. The lowest BCUT2D eigenvalue weighted by atomic mass is 10.2. The molecule has 0 radical (unpaired) electrons. The first-order chi connectivity index (χ1) is 6.67. The SMILES string of the molecule is COC(=O)C[C@H](O)c1cc(OC)no1. The first-order valence-corrected chi connectivity index (χ1v) is 3.93. The molecule has 0 aliphatic heterocycles. The van der Waals surface area contributed by atoms with E-state index in [1.165, 1.54) is 20.3 Å². The van der Waals surface area contributed by atoms with E-state index in [4.69, 9.17) is 9.26 Å². The summed E-state index contributed by atoms with van der Waals surface area (Å²) in [4.78, 5) is 10.8. The number of rotatable bonds is 4. The first kappa shape index (κ1) is 10.5. The molecule has 78 valence electrons. The highest BCUT2D eigenvalue weighted by Gasteiger charge is 2.18. The van der Waals surface area contributed by atoms with E-state index < -0.39 is 12.1 Å². The molecular formula is C8H11NO5. The number of carbonyl (C=O) groups is 1. The Bertz CT molecular complexity index is 308. The van der Waals surface area contributed by atoms with E-state index in [9.17, 15) is 9.90 Å². The fourth-order valence-electron chi connectivity index (χ4n) is 0.867. The molecule has 0 amide bonds. The summed E-state index contributed by atoms with van der Waals surface area (Å²) in [5, 5.41) is 12.9. The van der Waals surface area contributed by atoms with Gasteiger partial charge >= 0.3 is 5.97 Å². The standard InChI is InChI=1S/C8H11NO5/c1-12-7-4-6(14-9-7)5(10)3-8(11)13-2/h4-5,10H,3H2,1-2H3/t5-/m0/s1. The Balaban J connectivity index is 2.60. The van der Waals surface area contributed by atoms with Crippen LogP contribution in [0.4, 0.5) is 0 Å². The largest absolute Gasteiger partial charge is 0.479 e. The molecule has 0 saturated carbocycles. The van der Waals surface area contributed by atoms with Crippen molar-refractivity contribution in [2.24, 2.45) is 0 Å². The third-order valence-electron chi connectivity index (χ3n) is 1.63. The maximum atomic E-state index is 10.8. The third-order valence-corrected chi connectivity index (χ3v) is 1.63. The highest BCUT2D eigenvalue weighted by atomic mass is 16.5. The number of hydrogen-bond donors (Lipinski definition) is 1. The number of ether oxygens (including phenoxy) is 2. The average Bonchev–Trinajstić information content (AvgIpc) is 2.65. The van der Waals surface area contributed by atoms with Crippen molar-refractivity contribution in [2.45, 2.75) is 12.5 Å². The normalized spacial score (nSPS) is 12.2. The minimum Gasteiger partial charge on any atom is -0.479 e. The molecule has 0 aromatic carbocycles. The maximum Gasteiger partial charge on any atom is 0.308 e. The van der Waals surface area contributed by atoms with Crippen LogP contribution < -0.4 is 4.74 Å². The lowest BCUT2D eigenvalue weighted by Crippen LogP contribution is -2.07. The molecule has 6 nitrogen and oxygen atoms in total. The van der Waals surface area contributed by atoms with Crippen molar-refractivity contribution >= 4 is 5.97 Å². The zero-order chi connectivity index (χ0) is 10.6. The fraction of sp³-hybridized carbons (Fsp3) is 0.500. The average molecular weight is 201 g/mol. The summed E-state index contributed by atoms with van der Waals surface area (Å²) in [6, 6.07) is 1.41. The fourth-order valence-corrected chi connectivity index (χ4v) is 0.867. The van der Waals surface area contributed by atoms with E-state index in [2.05, 4.69) is 9.89 Å². The molecule has 0 fully saturated rings. The molecule has 1 rings (SSSR count). The predicted octanol–water partition coefficient (Wildman–Crippen LogP) is 0.280. The molecular weight excluding hydrogens is 190 g/mol. The lowest BCUT2D eigenvalue weighted by Gasteiger charge is -2.03. The minimum atomic E-state index is -1.06. The smallest absolute Gasteiger partial charge is 0.308 e. The van der Waals surface area contributed by atoms with Crippen molar-refractivity contribution in [3.05, 3.63) is 11.8 Å². The molecule has 14 heavy (non-hydrogen) atoms. The minimum absolute atomic E-state index is 0.172. The molecule has 1 aromatic rings. The summed E-state index contributed by atoms with van der Waals surface area (Å²) < 4.78 is 13.9. The van der Waals surface area contributed by atoms with Gasteiger partial charge in [0.1, 0.15) is 6.10 Å². The molecule has 0 aliphatic carbocycles. The highest BCUT2D eigenvalue weighted by Crippen LogP contribution is 2.20. The van der Waals surface area contributed by atoms with Gasteiger partial charge in [-0.15, -0.1) is 0 Å². The van der Waals surface area contributed by atoms with Gasteiger partial charge in [0.15, 0.2) is 5.76 Å². The van der Waals surface area contributed by atoms with Gasteiger partial charge in [-0.25, -0.2) is 0 Å². The van der Waals surface area contributed by atoms with Crippen molar-refractivity contribution in [3.63, 3.8) is 0 Å². The van der Waals surface area contributed by atoms with Gasteiger partial charge in [0, 0.05) is 6.07 Å². The van der Waals surface area contributed by atoms with Gasteiger partial charge in [-0.05, 0) is 5.16 Å². The summed E-state index contributed by atoms with van der Waals surface area (Å²) in [5.74, 6) is -0.0935. The van der Waals surface area contributed by atoms with Gasteiger partial charge in [0.25, 0.3) is 5.88 Å². The Hall–Kier alpha value is -1.56. The molecule has 1 heterocycles. The van der Waals surface area contributed by atoms with Crippen molar-refractivity contribution in [1.82, 2.24) is 5.16 Å². The number of esters is 1. The quantitative estimate of drug-likeness (QED) is 0.704. The third kappa shape index (κ3) is 2.46. The number of aliphatic hydroxyl groups is 1. The molecule has 0 unspecified atom stereocenters. The Kier molecular flexibility index (Phi) is 3.47. The first-order valence-electron chi connectivity index (χ1n) is 3.93. The molecule has 0 spiro atoms. The van der Waals surface area contributed by atoms with Crippen LogP contribution in [0.5, 0.6) is 5.88 Å². The molecule has 0 bridgehead atoms. The molecule has 6 heteroatoms. The Morgan fingerprint density at radius 1 is 1.71 bits per heavy atom. The van der Waals surface area contributed by atoms with E-state index in [0.717, 1.165) is 0 Å². The summed E-state index contributed by atoms with van der Waals surface area (Å²) in [6.07, 6.45) is -1.23. The van der Waals surface area contributed by atoms with Crippen molar-refractivity contribution in [3.8, 4) is 5.88 Å². The van der Waals surface area contributed by atoms with Crippen LogP contribution in [-0.4, -0.2) is 30.5 Å². The number of aliphatic hydroxyl groups excluding tert-OH is 1. The van der Waals surface area contributed by atoms with Crippen LogP contribution in [0.2, 0.25) is 0 Å². The number of nitrogens with zero attached hydrogens (tertiary/aromatic N) is 1. The Morgan fingerprint density at radius 3 is 2.93 bits per heavy atom. The monoisotopic (exact) mass is 201 g/mol. The maximum absolute atomic E-state index is 10.8. The van der Waals surface area contributed by atoms with Crippen molar-refractivity contribution < 1.29 is 23.9 Å². The second-order valence-corrected chi connectivity index (χ2v) is 2.57. The van der Waals surface area contributed by atoms with Gasteiger partial charge in [-0.2, -0.15) is 0 Å². The van der Waals surface area contributed by atoms with Gasteiger partial charge in [0.2, 0.25) is 0 Å². The van der Waals surface area contributed by atoms with Crippen LogP contribution in [0.1, 0.15) is 18.3 Å². The van der Waals surface area contributed by atoms with E-state index in [-0.39, 0.29) is 18.1 Å². The summed E-state index contributed by atoms with van der Waals surface area (Å²) in [7, 11) is 2.67. The van der Waals surface area contributed by atoms with Crippen molar-refractivity contribution in [2.75, 3.05) is 14.2 Å². The Morgan fingerprint density at radius 2 is 2.43 bits per heavy atom. The van der Waals surface area contributed by atoms with Gasteiger partial charge < -0.3 is 19.1 Å². The topological polar surface area (TPSA) is 81.8 Å². The molecule has 0 saturated heterocycles. The second kappa shape index (κ2) is 4.61. The van der Waals surface area contributed by atoms with Crippen LogP contribution >= 0.6 is 0 Å². The summed E-state index contributed by atoms with van der Waals surface area (Å²) in [5.41, 5.74) is 0. The number of carbonyl (C=O) groups excluding carboxylic acids is 1. The summed E-state index contributed by atoms with van der Waals surface area (Å²) >= 11 is 0. The Labute approximate surface area is 80.4 Å². The van der Waals surface area contributed by atoms with Crippen LogP contribution in [0, 0.1) is 0 Å². The zero-order valence-electron chi connectivity index (χ0n) is 7.89. The van der Waals surface area contributed by atoms with Gasteiger partial charge in [-0.3, -0.25) is 4.79 Å². The van der Waals surface area contributed by atoms with E-state index in [1.54, 1.807) is 0 Å². The van der Waals surface area contributed by atoms with E-state index >= 15 is 0 Å². The van der Waals surface area contributed by atoms with Crippen molar-refractivity contribution in [1.29, 1.82) is 0 Å². The number of hydrogen-bond acceptors (Lipinski definition) is 6. The zero-order valence-corrected chi connectivity index (χ0v) is 7.89. The number of methoxy groups -OCH3 is 2. The van der Waals surface area contributed by atoms with Crippen LogP contribution in [0.15, 0.2) is 10.6 Å². The lowest BCUT2D eigenvalue weighted by molar-refractivity contribution is -0.143. The van der Waals surface area contributed by atoms with Crippen LogP contribution in [0.25, 0.3) is 0 Å². The van der Waals surface area contributed by atoms with Crippen LogP contribution in [-0.2, 0) is 9.53 Å². The molecule has 1 atom stereocenters. The van der Waals surface area contributed by atoms with E-state index in [1.807, 2.05) is 0 Å². The number of aromatic nitrogens is 1. The van der Waals surface area contributed by atoms with Gasteiger partial charge in [-0.1, -0.05) is 0 Å².